The Labute approximate surface area is 120 Å². The molecular weight excluding hydrogens is 250 g/mol. The molecule has 2 rings (SSSR count). The molecule has 2 N–H and O–H groups in total. The topological polar surface area (TPSA) is 64.9 Å². The number of carbonyl (C=O) groups is 1. The number of nitriles is 1. The number of rotatable bonds is 4. The molecular formula is C16H21N3O. The fourth-order valence-electron chi connectivity index (χ4n) is 2.69. The van der Waals surface area contributed by atoms with Gasteiger partial charge in [-0.3, -0.25) is 4.79 Å². The lowest BCUT2D eigenvalue weighted by Crippen LogP contribution is -2.40. The van der Waals surface area contributed by atoms with E-state index in [-0.39, 0.29) is 12.5 Å². The largest absolute Gasteiger partial charge is 0.376 e. The van der Waals surface area contributed by atoms with Gasteiger partial charge >= 0.3 is 0 Å². The summed E-state index contributed by atoms with van der Waals surface area (Å²) in [5.41, 5.74) is 1.48. The molecule has 106 valence electrons. The average molecular weight is 271 g/mol. The maximum absolute atomic E-state index is 11.9. The van der Waals surface area contributed by atoms with Crippen molar-refractivity contribution in [2.24, 2.45) is 5.92 Å². The second-order valence-corrected chi connectivity index (χ2v) is 5.58. The summed E-state index contributed by atoms with van der Waals surface area (Å²) < 4.78 is 0. The van der Waals surface area contributed by atoms with Crippen molar-refractivity contribution < 1.29 is 4.79 Å². The van der Waals surface area contributed by atoms with Gasteiger partial charge in [0.25, 0.3) is 0 Å². The fourth-order valence-corrected chi connectivity index (χ4v) is 2.69. The van der Waals surface area contributed by atoms with Crippen molar-refractivity contribution >= 4 is 11.6 Å². The molecule has 1 saturated carbocycles. The molecule has 1 fully saturated rings. The van der Waals surface area contributed by atoms with Crippen LogP contribution in [0.4, 0.5) is 5.69 Å². The van der Waals surface area contributed by atoms with Crippen LogP contribution in [-0.2, 0) is 4.79 Å². The molecule has 2 atom stereocenters. The Kier molecular flexibility index (Phi) is 5.00. The van der Waals surface area contributed by atoms with Crippen molar-refractivity contribution in [3.05, 3.63) is 29.8 Å². The first-order valence-electron chi connectivity index (χ1n) is 7.21. The van der Waals surface area contributed by atoms with E-state index in [9.17, 15) is 4.79 Å². The number of amides is 1. The molecule has 1 aliphatic rings. The maximum atomic E-state index is 11.9. The van der Waals surface area contributed by atoms with Gasteiger partial charge in [-0.2, -0.15) is 5.26 Å². The van der Waals surface area contributed by atoms with Gasteiger partial charge in [-0.05, 0) is 43.0 Å². The molecule has 1 aliphatic carbocycles. The number of carbonyl (C=O) groups excluding carboxylic acids is 1. The highest BCUT2D eigenvalue weighted by Gasteiger charge is 2.19. The SMILES string of the molecule is CC1CCCC(NC(=O)CNc2ccc(C#N)cc2)C1. The van der Waals surface area contributed by atoms with Gasteiger partial charge in [0.2, 0.25) is 5.91 Å². The highest BCUT2D eigenvalue weighted by molar-refractivity contribution is 5.81. The van der Waals surface area contributed by atoms with E-state index in [1.807, 2.05) is 12.1 Å². The first-order chi connectivity index (χ1) is 9.67. The monoisotopic (exact) mass is 271 g/mol. The molecule has 2 unspecified atom stereocenters. The van der Waals surface area contributed by atoms with Gasteiger partial charge < -0.3 is 10.6 Å². The highest BCUT2D eigenvalue weighted by Crippen LogP contribution is 2.23. The maximum Gasteiger partial charge on any atom is 0.239 e. The predicted molar refractivity (Wildman–Crippen MR) is 79.2 cm³/mol. The Morgan fingerprint density at radius 2 is 2.10 bits per heavy atom. The van der Waals surface area contributed by atoms with E-state index in [1.165, 1.54) is 12.8 Å². The number of nitrogens with one attached hydrogen (secondary N) is 2. The Balaban J connectivity index is 1.75. The van der Waals surface area contributed by atoms with Crippen LogP contribution in [0.25, 0.3) is 0 Å². The standard InChI is InChI=1S/C16H21N3O/c1-12-3-2-4-15(9-12)19-16(20)11-18-14-7-5-13(10-17)6-8-14/h5-8,12,15,18H,2-4,9,11H2,1H3,(H,19,20). The van der Waals surface area contributed by atoms with Crippen LogP contribution in [-0.4, -0.2) is 18.5 Å². The van der Waals surface area contributed by atoms with Crippen LogP contribution in [0.5, 0.6) is 0 Å². The normalized spacial score (nSPS) is 21.8. The van der Waals surface area contributed by atoms with Crippen LogP contribution in [0, 0.1) is 17.2 Å². The quantitative estimate of drug-likeness (QED) is 0.885. The number of hydrogen-bond donors (Lipinski definition) is 2. The van der Waals surface area contributed by atoms with Crippen LogP contribution >= 0.6 is 0 Å². The predicted octanol–water partition coefficient (Wildman–Crippen LogP) is 2.67. The molecule has 1 aromatic carbocycles. The number of anilines is 1. The third kappa shape index (κ3) is 4.27. The minimum absolute atomic E-state index is 0.0356. The summed E-state index contributed by atoms with van der Waals surface area (Å²) in [7, 11) is 0. The van der Waals surface area contributed by atoms with E-state index in [0.717, 1.165) is 18.5 Å². The zero-order chi connectivity index (χ0) is 14.4. The summed E-state index contributed by atoms with van der Waals surface area (Å²) in [5, 5.41) is 14.9. The first-order valence-corrected chi connectivity index (χ1v) is 7.21. The molecule has 0 bridgehead atoms. The smallest absolute Gasteiger partial charge is 0.239 e. The third-order valence-corrected chi connectivity index (χ3v) is 3.77. The lowest BCUT2D eigenvalue weighted by Gasteiger charge is -2.27. The Morgan fingerprint density at radius 1 is 1.35 bits per heavy atom. The highest BCUT2D eigenvalue weighted by atomic mass is 16.1. The summed E-state index contributed by atoms with van der Waals surface area (Å²) in [4.78, 5) is 11.9. The van der Waals surface area contributed by atoms with Crippen molar-refractivity contribution in [2.75, 3.05) is 11.9 Å². The van der Waals surface area contributed by atoms with Gasteiger partial charge in [0.05, 0.1) is 18.2 Å². The molecule has 0 radical (unpaired) electrons. The van der Waals surface area contributed by atoms with E-state index < -0.39 is 0 Å². The van der Waals surface area contributed by atoms with E-state index >= 15 is 0 Å². The molecule has 0 saturated heterocycles. The van der Waals surface area contributed by atoms with Gasteiger partial charge in [-0.15, -0.1) is 0 Å². The van der Waals surface area contributed by atoms with Gasteiger partial charge in [-0.25, -0.2) is 0 Å². The van der Waals surface area contributed by atoms with E-state index in [2.05, 4.69) is 23.6 Å². The zero-order valence-corrected chi connectivity index (χ0v) is 11.9. The van der Waals surface area contributed by atoms with Crippen LogP contribution in [0.3, 0.4) is 0 Å². The van der Waals surface area contributed by atoms with Gasteiger partial charge in [0.1, 0.15) is 0 Å². The van der Waals surface area contributed by atoms with Gasteiger partial charge in [-0.1, -0.05) is 19.8 Å². The molecule has 1 amide bonds. The van der Waals surface area contributed by atoms with Crippen molar-refractivity contribution in [1.29, 1.82) is 5.26 Å². The molecule has 4 heteroatoms. The van der Waals surface area contributed by atoms with E-state index in [0.29, 0.717) is 17.5 Å². The minimum Gasteiger partial charge on any atom is -0.376 e. The third-order valence-electron chi connectivity index (χ3n) is 3.77. The second kappa shape index (κ2) is 6.95. The lowest BCUT2D eigenvalue weighted by molar-refractivity contribution is -0.120. The van der Waals surface area contributed by atoms with Crippen molar-refractivity contribution in [1.82, 2.24) is 5.32 Å². The van der Waals surface area contributed by atoms with Crippen LogP contribution in [0.1, 0.15) is 38.2 Å². The average Bonchev–Trinajstić information content (AvgIpc) is 2.46. The fraction of sp³-hybridized carbons (Fsp3) is 0.500. The van der Waals surface area contributed by atoms with Gasteiger partial charge in [0, 0.05) is 11.7 Å². The van der Waals surface area contributed by atoms with Crippen molar-refractivity contribution in [2.45, 2.75) is 38.6 Å². The number of benzene rings is 1. The lowest BCUT2D eigenvalue weighted by atomic mass is 9.87. The summed E-state index contributed by atoms with van der Waals surface area (Å²) in [6.07, 6.45) is 4.65. The number of hydrogen-bond acceptors (Lipinski definition) is 3. The number of nitrogens with zero attached hydrogens (tertiary/aromatic N) is 1. The second-order valence-electron chi connectivity index (χ2n) is 5.58. The molecule has 0 aromatic heterocycles. The molecule has 0 spiro atoms. The van der Waals surface area contributed by atoms with E-state index in [1.54, 1.807) is 12.1 Å². The van der Waals surface area contributed by atoms with Gasteiger partial charge in [0.15, 0.2) is 0 Å². The van der Waals surface area contributed by atoms with Crippen molar-refractivity contribution in [3.8, 4) is 6.07 Å². The molecule has 20 heavy (non-hydrogen) atoms. The zero-order valence-electron chi connectivity index (χ0n) is 11.9. The van der Waals surface area contributed by atoms with Crippen LogP contribution in [0.2, 0.25) is 0 Å². The summed E-state index contributed by atoms with van der Waals surface area (Å²) >= 11 is 0. The van der Waals surface area contributed by atoms with Crippen molar-refractivity contribution in [3.63, 3.8) is 0 Å². The van der Waals surface area contributed by atoms with Crippen LogP contribution < -0.4 is 10.6 Å². The van der Waals surface area contributed by atoms with Crippen LogP contribution in [0.15, 0.2) is 24.3 Å². The van der Waals surface area contributed by atoms with E-state index in [4.69, 9.17) is 5.26 Å². The molecule has 0 heterocycles. The minimum atomic E-state index is 0.0356. The molecule has 0 aliphatic heterocycles. The Bertz CT molecular complexity index is 489. The summed E-state index contributed by atoms with van der Waals surface area (Å²) in [5.74, 6) is 0.744. The summed E-state index contributed by atoms with van der Waals surface area (Å²) in [6.45, 7) is 2.52. The molecule has 1 aromatic rings. The first kappa shape index (κ1) is 14.4. The Hall–Kier alpha value is -2.02. The molecule has 4 nitrogen and oxygen atoms in total. The summed E-state index contributed by atoms with van der Waals surface area (Å²) in [6, 6.07) is 9.50. The Morgan fingerprint density at radius 3 is 2.75 bits per heavy atom.